The molecule has 3 N–H and O–H groups in total. The molecule has 0 aliphatic heterocycles. The van der Waals surface area contributed by atoms with E-state index in [4.69, 9.17) is 10.2 Å². The average molecular weight is 283 g/mol. The van der Waals surface area contributed by atoms with Crippen molar-refractivity contribution in [3.63, 3.8) is 0 Å². The minimum absolute atomic E-state index is 1.07. The maximum absolute atomic E-state index is 12.0. The standard InChI is InChI=1S/C7H7F6NO4/c8-6(9,10)3(7(11,12)13)4(16)14-1-2(15)5(17)18/h2-3,15H,1H2,(H,14,16)(H,17,18)/t2-/m0/s1. The van der Waals surface area contributed by atoms with Crippen molar-refractivity contribution in [2.24, 2.45) is 5.92 Å². The molecule has 0 fully saturated rings. The van der Waals surface area contributed by atoms with Gasteiger partial charge in [-0.2, -0.15) is 26.3 Å². The Morgan fingerprint density at radius 3 is 1.72 bits per heavy atom. The second-order valence-corrected chi connectivity index (χ2v) is 3.12. The number of halogens is 6. The lowest BCUT2D eigenvalue weighted by molar-refractivity contribution is -0.274. The van der Waals surface area contributed by atoms with Crippen molar-refractivity contribution in [1.82, 2.24) is 5.32 Å². The SMILES string of the molecule is O=C(NC[C@H](O)C(=O)O)C(C(F)(F)F)C(F)(F)F. The first-order chi connectivity index (χ1) is 7.87. The molecule has 11 heteroatoms. The van der Waals surface area contributed by atoms with Gasteiger partial charge in [0.2, 0.25) is 11.8 Å². The largest absolute Gasteiger partial charge is 0.479 e. The van der Waals surface area contributed by atoms with E-state index in [0.717, 1.165) is 5.32 Å². The number of nitrogens with one attached hydrogen (secondary N) is 1. The average Bonchev–Trinajstić information content (AvgIpc) is 2.08. The van der Waals surface area contributed by atoms with Crippen LogP contribution in [0.1, 0.15) is 0 Å². The summed E-state index contributed by atoms with van der Waals surface area (Å²) in [7, 11) is 0. The number of carbonyl (C=O) groups is 2. The van der Waals surface area contributed by atoms with Crippen LogP contribution in [0.3, 0.4) is 0 Å². The highest BCUT2D eigenvalue weighted by Gasteiger charge is 2.61. The van der Waals surface area contributed by atoms with Gasteiger partial charge in [-0.15, -0.1) is 0 Å². The summed E-state index contributed by atoms with van der Waals surface area (Å²) in [4.78, 5) is 20.7. The first kappa shape index (κ1) is 16.5. The van der Waals surface area contributed by atoms with Crippen molar-refractivity contribution in [1.29, 1.82) is 0 Å². The number of rotatable bonds is 4. The number of hydrogen-bond donors (Lipinski definition) is 3. The molecule has 0 saturated carbocycles. The van der Waals surface area contributed by atoms with Gasteiger partial charge in [0.25, 0.3) is 0 Å². The van der Waals surface area contributed by atoms with Crippen LogP contribution >= 0.6 is 0 Å². The predicted molar refractivity (Wildman–Crippen MR) is 42.3 cm³/mol. The lowest BCUT2D eigenvalue weighted by Crippen LogP contribution is -2.50. The zero-order chi connectivity index (χ0) is 14.7. The summed E-state index contributed by atoms with van der Waals surface area (Å²) in [6, 6.07) is 0. The highest BCUT2D eigenvalue weighted by atomic mass is 19.4. The van der Waals surface area contributed by atoms with E-state index in [1.807, 2.05) is 0 Å². The minimum Gasteiger partial charge on any atom is -0.479 e. The molecular weight excluding hydrogens is 276 g/mol. The summed E-state index contributed by atoms with van der Waals surface area (Å²) in [6.45, 7) is -1.27. The Morgan fingerprint density at radius 1 is 1.06 bits per heavy atom. The van der Waals surface area contributed by atoms with E-state index in [0.29, 0.717) is 0 Å². The first-order valence-corrected chi connectivity index (χ1v) is 4.19. The Morgan fingerprint density at radius 2 is 1.44 bits per heavy atom. The van der Waals surface area contributed by atoms with Gasteiger partial charge in [-0.25, -0.2) is 4.79 Å². The highest BCUT2D eigenvalue weighted by molar-refractivity contribution is 5.81. The van der Waals surface area contributed by atoms with Crippen LogP contribution in [-0.4, -0.2) is 47.1 Å². The molecule has 0 aliphatic carbocycles. The van der Waals surface area contributed by atoms with Gasteiger partial charge in [0, 0.05) is 0 Å². The number of carbonyl (C=O) groups excluding carboxylic acids is 1. The molecular formula is C7H7F6NO4. The van der Waals surface area contributed by atoms with Gasteiger partial charge in [-0.1, -0.05) is 0 Å². The zero-order valence-electron chi connectivity index (χ0n) is 8.34. The van der Waals surface area contributed by atoms with Gasteiger partial charge in [0.05, 0.1) is 6.54 Å². The second-order valence-electron chi connectivity index (χ2n) is 3.12. The molecule has 18 heavy (non-hydrogen) atoms. The van der Waals surface area contributed by atoms with Crippen LogP contribution in [0, 0.1) is 5.92 Å². The Bertz CT molecular complexity index is 311. The van der Waals surface area contributed by atoms with Crippen LogP contribution in [-0.2, 0) is 9.59 Å². The molecule has 1 amide bonds. The number of carboxylic acid groups (broad SMARTS) is 1. The van der Waals surface area contributed by atoms with E-state index >= 15 is 0 Å². The van der Waals surface area contributed by atoms with Crippen LogP contribution in [0.4, 0.5) is 26.3 Å². The number of aliphatic hydroxyl groups is 1. The maximum atomic E-state index is 12.0. The molecule has 0 spiro atoms. The summed E-state index contributed by atoms with van der Waals surface area (Å²) in [5.41, 5.74) is 0. The quantitative estimate of drug-likeness (QED) is 0.647. The summed E-state index contributed by atoms with van der Waals surface area (Å²) >= 11 is 0. The zero-order valence-corrected chi connectivity index (χ0v) is 8.34. The maximum Gasteiger partial charge on any atom is 0.409 e. The molecule has 106 valence electrons. The summed E-state index contributed by atoms with van der Waals surface area (Å²) in [6.07, 6.45) is -14.0. The van der Waals surface area contributed by atoms with E-state index < -0.39 is 42.8 Å². The van der Waals surface area contributed by atoms with E-state index in [1.54, 1.807) is 0 Å². The number of aliphatic hydroxyl groups excluding tert-OH is 1. The monoisotopic (exact) mass is 283 g/mol. The van der Waals surface area contributed by atoms with Crippen LogP contribution in [0.2, 0.25) is 0 Å². The normalized spacial score (nSPS) is 14.4. The molecule has 0 heterocycles. The molecule has 0 aliphatic rings. The van der Waals surface area contributed by atoms with Gasteiger partial charge in [-0.3, -0.25) is 4.79 Å². The second kappa shape index (κ2) is 5.42. The Balaban J connectivity index is 4.76. The van der Waals surface area contributed by atoms with Crippen molar-refractivity contribution in [3.05, 3.63) is 0 Å². The number of alkyl halides is 6. The van der Waals surface area contributed by atoms with Gasteiger partial charge in [-0.05, 0) is 0 Å². The molecule has 0 rings (SSSR count). The third kappa shape index (κ3) is 4.77. The smallest absolute Gasteiger partial charge is 0.409 e. The molecule has 0 aromatic heterocycles. The van der Waals surface area contributed by atoms with Gasteiger partial charge < -0.3 is 15.5 Å². The van der Waals surface area contributed by atoms with E-state index in [1.165, 1.54) is 0 Å². The Labute approximate surface area is 95.4 Å². The Kier molecular flexibility index (Phi) is 4.96. The van der Waals surface area contributed by atoms with Crippen molar-refractivity contribution >= 4 is 11.9 Å². The van der Waals surface area contributed by atoms with Crippen LogP contribution in [0.5, 0.6) is 0 Å². The minimum atomic E-state index is -5.86. The van der Waals surface area contributed by atoms with Gasteiger partial charge in [0.15, 0.2) is 6.10 Å². The lowest BCUT2D eigenvalue weighted by atomic mass is 10.1. The summed E-state index contributed by atoms with van der Waals surface area (Å²) in [5, 5.41) is 17.8. The molecule has 0 aromatic carbocycles. The van der Waals surface area contributed by atoms with E-state index in [9.17, 15) is 35.9 Å². The fraction of sp³-hybridized carbons (Fsp3) is 0.714. The van der Waals surface area contributed by atoms with Crippen LogP contribution in [0.25, 0.3) is 0 Å². The first-order valence-electron chi connectivity index (χ1n) is 4.19. The number of aliphatic carboxylic acids is 1. The van der Waals surface area contributed by atoms with Crippen LogP contribution < -0.4 is 5.32 Å². The van der Waals surface area contributed by atoms with Crippen molar-refractivity contribution < 1.29 is 46.1 Å². The predicted octanol–water partition coefficient (Wildman–Crippen LogP) is 0.289. The number of amides is 1. The highest BCUT2D eigenvalue weighted by Crippen LogP contribution is 2.39. The molecule has 0 aromatic rings. The van der Waals surface area contributed by atoms with Gasteiger partial charge >= 0.3 is 18.3 Å². The summed E-state index contributed by atoms with van der Waals surface area (Å²) in [5.74, 6) is -8.65. The topological polar surface area (TPSA) is 86.6 Å². The van der Waals surface area contributed by atoms with E-state index in [2.05, 4.69) is 0 Å². The lowest BCUT2D eigenvalue weighted by Gasteiger charge is -2.22. The fourth-order valence-electron chi connectivity index (χ4n) is 0.870. The van der Waals surface area contributed by atoms with Crippen molar-refractivity contribution in [3.8, 4) is 0 Å². The number of hydrogen-bond acceptors (Lipinski definition) is 3. The number of carboxylic acids is 1. The van der Waals surface area contributed by atoms with Crippen molar-refractivity contribution in [2.45, 2.75) is 18.5 Å². The fourth-order valence-corrected chi connectivity index (χ4v) is 0.870. The van der Waals surface area contributed by atoms with E-state index in [-0.39, 0.29) is 0 Å². The van der Waals surface area contributed by atoms with Crippen molar-refractivity contribution in [2.75, 3.05) is 6.54 Å². The third-order valence-electron chi connectivity index (χ3n) is 1.67. The molecule has 0 saturated heterocycles. The van der Waals surface area contributed by atoms with Crippen LogP contribution in [0.15, 0.2) is 0 Å². The van der Waals surface area contributed by atoms with Gasteiger partial charge in [0.1, 0.15) is 0 Å². The molecule has 1 atom stereocenters. The third-order valence-corrected chi connectivity index (χ3v) is 1.67. The summed E-state index contributed by atoms with van der Waals surface area (Å²) < 4.78 is 71.9. The molecule has 5 nitrogen and oxygen atoms in total. The Hall–Kier alpha value is -1.52. The molecule has 0 unspecified atom stereocenters. The molecule has 0 radical (unpaired) electrons. The molecule has 0 bridgehead atoms.